The first-order valence-corrected chi connectivity index (χ1v) is 8.50. The highest BCUT2D eigenvalue weighted by Crippen LogP contribution is 2.34. The first kappa shape index (κ1) is 17.3. The summed E-state index contributed by atoms with van der Waals surface area (Å²) in [6.45, 7) is 0.219. The Morgan fingerprint density at radius 1 is 1.15 bits per heavy atom. The monoisotopic (exact) mass is 378 g/mol. The number of H-pyrrole nitrogens is 1. The van der Waals surface area contributed by atoms with Crippen LogP contribution in [0.2, 0.25) is 0 Å². The Morgan fingerprint density at radius 2 is 1.96 bits per heavy atom. The molecule has 1 aliphatic rings. The molecule has 0 unspecified atom stereocenters. The van der Waals surface area contributed by atoms with Crippen LogP contribution in [0, 0.1) is 4.77 Å². The van der Waals surface area contributed by atoms with Gasteiger partial charge in [-0.1, -0.05) is 11.5 Å². The van der Waals surface area contributed by atoms with Crippen LogP contribution >= 0.6 is 12.2 Å². The van der Waals surface area contributed by atoms with Gasteiger partial charge in [0.05, 0.1) is 5.69 Å². The van der Waals surface area contributed by atoms with E-state index in [9.17, 15) is 0 Å². The number of fused-ring (bicyclic) bond motifs is 2. The number of aromatic amines is 1. The summed E-state index contributed by atoms with van der Waals surface area (Å²) in [5, 5.41) is 7.17. The minimum atomic E-state index is 0.219. The molecule has 1 aromatic carbocycles. The number of ether oxygens (including phenoxy) is 2. The van der Waals surface area contributed by atoms with E-state index in [0.29, 0.717) is 33.3 Å². The molecule has 4 heterocycles. The molecule has 4 aromatic rings. The lowest BCUT2D eigenvalue weighted by Crippen LogP contribution is -2.03. The second kappa shape index (κ2) is 6.90. The highest BCUT2D eigenvalue weighted by Gasteiger charge is 2.18. The van der Waals surface area contributed by atoms with Gasteiger partial charge in [-0.2, -0.15) is 5.10 Å². The molecule has 2 radical (unpaired) electrons. The summed E-state index contributed by atoms with van der Waals surface area (Å²) in [5.41, 5.74) is 7.42. The zero-order valence-corrected chi connectivity index (χ0v) is 15.2. The van der Waals surface area contributed by atoms with Gasteiger partial charge < -0.3 is 19.6 Å². The fourth-order valence-corrected chi connectivity index (χ4v) is 3.09. The van der Waals surface area contributed by atoms with Crippen LogP contribution in [0.5, 0.6) is 11.5 Å². The van der Waals surface area contributed by atoms with Crippen molar-refractivity contribution in [2.75, 3.05) is 13.8 Å². The average molecular weight is 378 g/mol. The fraction of sp³-hybridized carbons (Fsp3) is 0.118. The van der Waals surface area contributed by atoms with Crippen molar-refractivity contribution in [1.82, 2.24) is 24.1 Å². The number of benzene rings is 1. The molecule has 134 valence electrons. The lowest BCUT2D eigenvalue weighted by atomic mass is 9.99. The molecule has 8 nitrogen and oxygen atoms in total. The Hall–Kier alpha value is -3.11. The van der Waals surface area contributed by atoms with Crippen LogP contribution < -0.4 is 20.7 Å². The summed E-state index contributed by atoms with van der Waals surface area (Å²) in [6, 6.07) is 9.27. The standard InChI is InChI=1S/C16H10BN5O2S.CH5N/c17-9-1-4-14-18-11(7-21(14)6-9)15-19-20-16(25)22(15)10-2-3-12-13(5-10)24-8-23-12;1-2/h1-7H,8H2,(H,20,25);2H2,1H3. The van der Waals surface area contributed by atoms with E-state index in [1.165, 1.54) is 7.05 Å². The minimum absolute atomic E-state index is 0.219. The van der Waals surface area contributed by atoms with E-state index >= 15 is 0 Å². The van der Waals surface area contributed by atoms with Crippen molar-refractivity contribution in [3.8, 4) is 28.7 Å². The fourth-order valence-electron chi connectivity index (χ4n) is 2.85. The third kappa shape index (κ3) is 2.98. The molecule has 0 saturated carbocycles. The van der Waals surface area contributed by atoms with Crippen LogP contribution in [0.15, 0.2) is 42.7 Å². The molecule has 3 aromatic heterocycles. The van der Waals surface area contributed by atoms with E-state index in [4.69, 9.17) is 29.5 Å². The van der Waals surface area contributed by atoms with Gasteiger partial charge in [-0.3, -0.25) is 9.67 Å². The number of pyridine rings is 1. The van der Waals surface area contributed by atoms with Crippen LogP contribution in [-0.4, -0.2) is 45.8 Å². The van der Waals surface area contributed by atoms with Crippen LogP contribution in [0.3, 0.4) is 0 Å². The van der Waals surface area contributed by atoms with E-state index in [1.54, 1.807) is 12.3 Å². The molecule has 10 heteroatoms. The van der Waals surface area contributed by atoms with E-state index in [2.05, 4.69) is 20.9 Å². The Morgan fingerprint density at radius 3 is 2.81 bits per heavy atom. The van der Waals surface area contributed by atoms with Gasteiger partial charge in [0.25, 0.3) is 0 Å². The maximum Gasteiger partial charge on any atom is 0.231 e. The van der Waals surface area contributed by atoms with Gasteiger partial charge in [0.2, 0.25) is 6.79 Å². The largest absolute Gasteiger partial charge is 0.454 e. The summed E-state index contributed by atoms with van der Waals surface area (Å²) < 4.78 is 14.9. The first-order valence-electron chi connectivity index (χ1n) is 8.09. The van der Waals surface area contributed by atoms with Crippen molar-refractivity contribution in [1.29, 1.82) is 0 Å². The predicted octanol–water partition coefficient (Wildman–Crippen LogP) is 1.34. The lowest BCUT2D eigenvalue weighted by molar-refractivity contribution is 0.174. The molecule has 0 aliphatic carbocycles. The number of imidazole rings is 1. The molecule has 0 fully saturated rings. The molecular formula is C17H15BN6O2S. The van der Waals surface area contributed by atoms with Crippen molar-refractivity contribution in [2.24, 2.45) is 5.73 Å². The van der Waals surface area contributed by atoms with Crippen molar-refractivity contribution in [3.05, 3.63) is 47.5 Å². The van der Waals surface area contributed by atoms with Crippen LogP contribution in [0.25, 0.3) is 22.9 Å². The highest BCUT2D eigenvalue weighted by molar-refractivity contribution is 7.71. The van der Waals surface area contributed by atoms with Crippen molar-refractivity contribution < 1.29 is 9.47 Å². The summed E-state index contributed by atoms with van der Waals surface area (Å²) in [4.78, 5) is 4.60. The van der Waals surface area contributed by atoms with E-state index in [-0.39, 0.29) is 6.79 Å². The number of nitrogens with one attached hydrogen (secondary N) is 1. The molecule has 1 aliphatic heterocycles. The van der Waals surface area contributed by atoms with E-state index in [1.807, 2.05) is 39.4 Å². The molecule has 27 heavy (non-hydrogen) atoms. The Bertz CT molecular complexity index is 1180. The Balaban J connectivity index is 0.000000872. The Labute approximate surface area is 161 Å². The zero-order valence-electron chi connectivity index (χ0n) is 14.4. The molecule has 0 saturated heterocycles. The second-order valence-corrected chi connectivity index (χ2v) is 5.97. The smallest absolute Gasteiger partial charge is 0.231 e. The van der Waals surface area contributed by atoms with Crippen molar-refractivity contribution >= 4 is 31.2 Å². The van der Waals surface area contributed by atoms with Crippen LogP contribution in [0.4, 0.5) is 0 Å². The first-order chi connectivity index (χ1) is 13.2. The number of hydrogen-bond acceptors (Lipinski definition) is 6. The zero-order chi connectivity index (χ0) is 19.0. The number of nitrogens with zero attached hydrogens (tertiary/aromatic N) is 4. The number of aromatic nitrogens is 5. The average Bonchev–Trinajstić information content (AvgIpc) is 3.39. The topological polar surface area (TPSA) is 95.4 Å². The van der Waals surface area contributed by atoms with Gasteiger partial charge in [0, 0.05) is 18.5 Å². The van der Waals surface area contributed by atoms with Crippen molar-refractivity contribution in [2.45, 2.75) is 0 Å². The molecule has 3 N–H and O–H groups in total. The summed E-state index contributed by atoms with van der Waals surface area (Å²) in [7, 11) is 7.33. The van der Waals surface area contributed by atoms with Gasteiger partial charge in [-0.15, -0.1) is 0 Å². The molecule has 5 rings (SSSR count). The van der Waals surface area contributed by atoms with Crippen molar-refractivity contribution in [3.63, 3.8) is 0 Å². The third-order valence-electron chi connectivity index (χ3n) is 3.99. The van der Waals surface area contributed by atoms with E-state index in [0.717, 1.165) is 11.3 Å². The summed E-state index contributed by atoms with van der Waals surface area (Å²) in [6.07, 6.45) is 3.66. The van der Waals surface area contributed by atoms with E-state index < -0.39 is 0 Å². The molecule has 0 spiro atoms. The lowest BCUT2D eigenvalue weighted by Gasteiger charge is -2.06. The van der Waals surface area contributed by atoms with Gasteiger partial charge in [0.1, 0.15) is 19.2 Å². The Kier molecular flexibility index (Phi) is 4.42. The number of nitrogens with two attached hydrogens (primary N) is 1. The number of rotatable bonds is 2. The number of hydrogen-bond donors (Lipinski definition) is 2. The van der Waals surface area contributed by atoms with Crippen LogP contribution in [-0.2, 0) is 0 Å². The van der Waals surface area contributed by atoms with Gasteiger partial charge in [-0.05, 0) is 37.5 Å². The predicted molar refractivity (Wildman–Crippen MR) is 105 cm³/mol. The molecule has 0 amide bonds. The van der Waals surface area contributed by atoms with Gasteiger partial charge >= 0.3 is 0 Å². The third-order valence-corrected chi connectivity index (χ3v) is 4.26. The maximum atomic E-state index is 5.83. The molecular weight excluding hydrogens is 363 g/mol. The summed E-state index contributed by atoms with van der Waals surface area (Å²) >= 11 is 5.40. The quantitative estimate of drug-likeness (QED) is 0.404. The summed E-state index contributed by atoms with van der Waals surface area (Å²) in [5.74, 6) is 1.99. The maximum absolute atomic E-state index is 5.83. The highest BCUT2D eigenvalue weighted by atomic mass is 32.1. The molecule has 0 bridgehead atoms. The molecule has 0 atom stereocenters. The SMILES string of the molecule is CN.[B]c1ccc2nc(-c3n[nH]c(=S)n3-c3ccc4c(c3)OCO4)cn2c1. The second-order valence-electron chi connectivity index (χ2n) is 5.58. The van der Waals surface area contributed by atoms with Gasteiger partial charge in [0.15, 0.2) is 22.1 Å². The van der Waals surface area contributed by atoms with Gasteiger partial charge in [-0.25, -0.2) is 4.98 Å². The minimum Gasteiger partial charge on any atom is -0.454 e. The normalized spacial score (nSPS) is 12.1. The van der Waals surface area contributed by atoms with Crippen LogP contribution in [0.1, 0.15) is 0 Å².